The van der Waals surface area contributed by atoms with E-state index in [0.717, 1.165) is 5.56 Å². The van der Waals surface area contributed by atoms with Gasteiger partial charge in [0.05, 0.1) is 12.2 Å². The number of hydrogen-bond donors (Lipinski definition) is 0. The van der Waals surface area contributed by atoms with Crippen LogP contribution in [0.3, 0.4) is 0 Å². The first-order valence-electron chi connectivity index (χ1n) is 7.22. The van der Waals surface area contributed by atoms with Crippen molar-refractivity contribution in [1.82, 2.24) is 19.6 Å². The van der Waals surface area contributed by atoms with Gasteiger partial charge >= 0.3 is 5.97 Å². The van der Waals surface area contributed by atoms with Crippen LogP contribution in [0, 0.1) is 6.92 Å². The Balaban J connectivity index is 1.52. The Morgan fingerprint density at radius 1 is 1.35 bits per heavy atom. The molecule has 0 atom stereocenters. The van der Waals surface area contributed by atoms with Gasteiger partial charge in [-0.05, 0) is 43.2 Å². The Kier molecular flexibility index (Phi) is 4.52. The average Bonchev–Trinajstić information content (AvgIpc) is 2.93. The quantitative estimate of drug-likeness (QED) is 0.531. The third-order valence-corrected chi connectivity index (χ3v) is 3.43. The van der Waals surface area contributed by atoms with Gasteiger partial charge in [0.15, 0.2) is 5.82 Å². The van der Waals surface area contributed by atoms with Crippen molar-refractivity contribution in [3.63, 3.8) is 0 Å². The first-order valence-corrected chi connectivity index (χ1v) is 7.60. The summed E-state index contributed by atoms with van der Waals surface area (Å²) in [5, 5.41) is 4.82. The summed E-state index contributed by atoms with van der Waals surface area (Å²) < 4.78 is 6.88. The number of carbonyl (C=O) groups excluding carboxylic acids is 1. The van der Waals surface area contributed by atoms with Crippen LogP contribution < -0.4 is 0 Å². The largest absolute Gasteiger partial charge is 0.462 e. The van der Waals surface area contributed by atoms with E-state index in [9.17, 15) is 4.79 Å². The molecule has 2 heterocycles. The molecule has 1 aromatic carbocycles. The van der Waals surface area contributed by atoms with Crippen LogP contribution in [0.4, 0.5) is 0 Å². The molecule has 0 N–H and O–H groups in total. The highest BCUT2D eigenvalue weighted by atomic mass is 35.5. The minimum Gasteiger partial charge on any atom is -0.462 e. The minimum atomic E-state index is -0.375. The molecule has 0 spiro atoms. The molecule has 3 aromatic rings. The predicted octanol–water partition coefficient (Wildman–Crippen LogP) is 2.88. The molecule has 0 aliphatic rings. The third-order valence-electron chi connectivity index (χ3n) is 3.22. The summed E-state index contributed by atoms with van der Waals surface area (Å²) in [4.78, 5) is 20.4. The molecular formula is C16H15ClN4O2. The fraction of sp³-hybridized carbons (Fsp3) is 0.250. The van der Waals surface area contributed by atoms with Gasteiger partial charge in [-0.1, -0.05) is 11.6 Å². The minimum absolute atomic E-state index is 0.299. The third kappa shape index (κ3) is 3.84. The first kappa shape index (κ1) is 15.4. The zero-order chi connectivity index (χ0) is 16.2. The molecule has 0 fully saturated rings. The van der Waals surface area contributed by atoms with E-state index in [4.69, 9.17) is 16.3 Å². The highest BCUT2D eigenvalue weighted by molar-refractivity contribution is 6.31. The van der Waals surface area contributed by atoms with Crippen molar-refractivity contribution < 1.29 is 9.53 Å². The van der Waals surface area contributed by atoms with Gasteiger partial charge < -0.3 is 4.74 Å². The monoisotopic (exact) mass is 330 g/mol. The second-order valence-electron chi connectivity index (χ2n) is 5.15. The molecule has 7 heteroatoms. The lowest BCUT2D eigenvalue weighted by Crippen LogP contribution is -2.07. The predicted molar refractivity (Wildman–Crippen MR) is 85.6 cm³/mol. The molecule has 0 radical (unpaired) electrons. The van der Waals surface area contributed by atoms with Crippen molar-refractivity contribution in [3.8, 4) is 0 Å². The Bertz CT molecular complexity index is 794. The smallest absolute Gasteiger partial charge is 0.338 e. The Labute approximate surface area is 138 Å². The van der Waals surface area contributed by atoms with Crippen LogP contribution in [0.15, 0.2) is 36.7 Å². The summed E-state index contributed by atoms with van der Waals surface area (Å²) in [6, 6.07) is 6.94. The molecule has 23 heavy (non-hydrogen) atoms. The average molecular weight is 331 g/mol. The lowest BCUT2D eigenvalue weighted by molar-refractivity contribution is 0.0500. The maximum absolute atomic E-state index is 12.0. The number of halogens is 1. The molecule has 0 aliphatic heterocycles. The molecule has 0 saturated heterocycles. The molecule has 118 valence electrons. The van der Waals surface area contributed by atoms with Gasteiger partial charge in [0, 0.05) is 23.8 Å². The second-order valence-corrected chi connectivity index (χ2v) is 5.59. The van der Waals surface area contributed by atoms with Crippen LogP contribution in [0.25, 0.3) is 5.78 Å². The van der Waals surface area contributed by atoms with Crippen molar-refractivity contribution in [1.29, 1.82) is 0 Å². The van der Waals surface area contributed by atoms with E-state index in [2.05, 4.69) is 15.1 Å². The van der Waals surface area contributed by atoms with Crippen LogP contribution in [0.2, 0.25) is 5.02 Å². The molecular weight excluding hydrogens is 316 g/mol. The molecule has 0 aliphatic carbocycles. The summed E-state index contributed by atoms with van der Waals surface area (Å²) in [6.07, 6.45) is 4.72. The topological polar surface area (TPSA) is 69.4 Å². The van der Waals surface area contributed by atoms with E-state index < -0.39 is 0 Å². The van der Waals surface area contributed by atoms with E-state index in [1.54, 1.807) is 41.2 Å². The van der Waals surface area contributed by atoms with Crippen molar-refractivity contribution >= 4 is 23.3 Å². The standard InChI is InChI=1S/C16H15ClN4O2/c1-11-8-12(10-13(17)9-11)15(22)23-7-2-4-14-19-16-18-5-3-6-21(16)20-14/h3,5-6,8-10H,2,4,7H2,1H3. The zero-order valence-corrected chi connectivity index (χ0v) is 13.3. The van der Waals surface area contributed by atoms with Gasteiger partial charge in [-0.15, -0.1) is 5.10 Å². The zero-order valence-electron chi connectivity index (χ0n) is 12.6. The molecule has 6 nitrogen and oxygen atoms in total. The lowest BCUT2D eigenvalue weighted by Gasteiger charge is -2.05. The van der Waals surface area contributed by atoms with E-state index in [0.29, 0.717) is 41.6 Å². The Morgan fingerprint density at radius 3 is 3.00 bits per heavy atom. The summed E-state index contributed by atoms with van der Waals surface area (Å²) >= 11 is 5.94. The van der Waals surface area contributed by atoms with Crippen molar-refractivity contribution in [2.45, 2.75) is 19.8 Å². The number of carbonyl (C=O) groups is 1. The van der Waals surface area contributed by atoms with Crippen molar-refractivity contribution in [3.05, 3.63) is 58.6 Å². The van der Waals surface area contributed by atoms with Gasteiger partial charge in [0.2, 0.25) is 0 Å². The molecule has 0 unspecified atom stereocenters. The van der Waals surface area contributed by atoms with E-state index in [1.807, 2.05) is 6.92 Å². The Morgan fingerprint density at radius 2 is 2.22 bits per heavy atom. The highest BCUT2D eigenvalue weighted by Crippen LogP contribution is 2.15. The summed E-state index contributed by atoms with van der Waals surface area (Å²) in [7, 11) is 0. The number of ether oxygens (including phenoxy) is 1. The number of benzene rings is 1. The van der Waals surface area contributed by atoms with Crippen LogP contribution in [0.5, 0.6) is 0 Å². The maximum Gasteiger partial charge on any atom is 0.338 e. The van der Waals surface area contributed by atoms with E-state index >= 15 is 0 Å². The van der Waals surface area contributed by atoms with Gasteiger partial charge in [0.1, 0.15) is 0 Å². The van der Waals surface area contributed by atoms with Crippen LogP contribution >= 0.6 is 11.6 Å². The maximum atomic E-state index is 12.0. The number of aryl methyl sites for hydroxylation is 2. The van der Waals surface area contributed by atoms with Crippen molar-refractivity contribution in [2.75, 3.05) is 6.61 Å². The first-order chi connectivity index (χ1) is 11.1. The lowest BCUT2D eigenvalue weighted by atomic mass is 10.1. The molecule has 2 aromatic heterocycles. The van der Waals surface area contributed by atoms with E-state index in [-0.39, 0.29) is 5.97 Å². The number of hydrogen-bond acceptors (Lipinski definition) is 5. The highest BCUT2D eigenvalue weighted by Gasteiger charge is 2.09. The van der Waals surface area contributed by atoms with Crippen LogP contribution in [0.1, 0.15) is 28.2 Å². The van der Waals surface area contributed by atoms with Gasteiger partial charge in [-0.25, -0.2) is 14.3 Å². The number of rotatable bonds is 5. The molecule has 0 amide bonds. The van der Waals surface area contributed by atoms with Crippen LogP contribution in [-0.4, -0.2) is 32.2 Å². The fourth-order valence-corrected chi connectivity index (χ4v) is 2.50. The number of nitrogens with zero attached hydrogens (tertiary/aromatic N) is 4. The van der Waals surface area contributed by atoms with Gasteiger partial charge in [-0.3, -0.25) is 0 Å². The van der Waals surface area contributed by atoms with E-state index in [1.165, 1.54) is 0 Å². The molecule has 3 rings (SSSR count). The normalized spacial score (nSPS) is 10.9. The number of esters is 1. The van der Waals surface area contributed by atoms with Crippen molar-refractivity contribution in [2.24, 2.45) is 0 Å². The van der Waals surface area contributed by atoms with Crippen LogP contribution in [-0.2, 0) is 11.2 Å². The SMILES string of the molecule is Cc1cc(Cl)cc(C(=O)OCCCc2nc3ncccn3n2)c1. The van der Waals surface area contributed by atoms with Gasteiger partial charge in [0.25, 0.3) is 5.78 Å². The molecule has 0 saturated carbocycles. The Hall–Kier alpha value is -2.47. The molecule has 0 bridgehead atoms. The summed E-state index contributed by atoms with van der Waals surface area (Å²) in [6.45, 7) is 2.18. The summed E-state index contributed by atoms with van der Waals surface area (Å²) in [5.74, 6) is 0.868. The summed E-state index contributed by atoms with van der Waals surface area (Å²) in [5.41, 5.74) is 1.39. The number of fused-ring (bicyclic) bond motifs is 1. The number of aromatic nitrogens is 4. The fourth-order valence-electron chi connectivity index (χ4n) is 2.21. The second kappa shape index (κ2) is 6.75. The van der Waals surface area contributed by atoms with Gasteiger partial charge in [-0.2, -0.15) is 4.98 Å².